The molecule has 0 spiro atoms. The normalized spacial score (nSPS) is 10.2. The van der Waals surface area contributed by atoms with E-state index in [1.807, 2.05) is 0 Å². The monoisotopic (exact) mass is 213 g/mol. The Bertz CT molecular complexity index is 366. The third-order valence-electron chi connectivity index (χ3n) is 1.55. The molecular formula is C10H12FNO3. The van der Waals surface area contributed by atoms with E-state index in [4.69, 9.17) is 4.74 Å². The first-order valence-corrected chi connectivity index (χ1v) is 4.45. The second-order valence-electron chi connectivity index (χ2n) is 3.17. The number of hydrogen-bond acceptors (Lipinski definition) is 4. The summed E-state index contributed by atoms with van der Waals surface area (Å²) >= 11 is 0. The van der Waals surface area contributed by atoms with Crippen LogP contribution in [-0.4, -0.2) is 24.2 Å². The molecule has 15 heavy (non-hydrogen) atoms. The first-order valence-electron chi connectivity index (χ1n) is 4.45. The zero-order valence-electron chi connectivity index (χ0n) is 8.78. The topological polar surface area (TPSA) is 48.4 Å². The second-order valence-corrected chi connectivity index (χ2v) is 3.17. The van der Waals surface area contributed by atoms with E-state index in [0.717, 1.165) is 6.07 Å². The molecule has 0 saturated heterocycles. The lowest BCUT2D eigenvalue weighted by Gasteiger charge is -2.09. The number of carbonyl (C=O) groups excluding carboxylic acids is 1. The van der Waals surface area contributed by atoms with Crippen molar-refractivity contribution in [3.8, 4) is 5.88 Å². The first-order chi connectivity index (χ1) is 7.02. The van der Waals surface area contributed by atoms with Crippen LogP contribution in [0.4, 0.5) is 4.39 Å². The van der Waals surface area contributed by atoms with Gasteiger partial charge in [0.1, 0.15) is 0 Å². The summed E-state index contributed by atoms with van der Waals surface area (Å²) in [5, 5.41) is 0. The number of aromatic nitrogens is 1. The lowest BCUT2D eigenvalue weighted by molar-refractivity contribution is 0.0599. The molecule has 0 aromatic carbocycles. The van der Waals surface area contributed by atoms with Crippen molar-refractivity contribution in [3.05, 3.63) is 23.6 Å². The van der Waals surface area contributed by atoms with Gasteiger partial charge < -0.3 is 9.47 Å². The molecule has 0 radical (unpaired) electrons. The highest BCUT2D eigenvalue weighted by molar-refractivity contribution is 5.89. The molecule has 4 nitrogen and oxygen atoms in total. The van der Waals surface area contributed by atoms with E-state index in [2.05, 4.69) is 9.72 Å². The van der Waals surface area contributed by atoms with Crippen LogP contribution in [0.5, 0.6) is 5.88 Å². The predicted octanol–water partition coefficient (Wildman–Crippen LogP) is 1.79. The summed E-state index contributed by atoms with van der Waals surface area (Å²) in [4.78, 5) is 14.6. The standard InChI is InChI=1S/C10H12FNO3/c1-6(2)15-9-5-7(10(13)14-3)4-8(11)12-9/h4-6H,1-3H3. The summed E-state index contributed by atoms with van der Waals surface area (Å²) in [6, 6.07) is 2.34. The number of ether oxygens (including phenoxy) is 2. The van der Waals surface area contributed by atoms with E-state index in [-0.39, 0.29) is 17.5 Å². The van der Waals surface area contributed by atoms with Gasteiger partial charge in [-0.15, -0.1) is 0 Å². The van der Waals surface area contributed by atoms with Crippen LogP contribution in [0.1, 0.15) is 24.2 Å². The van der Waals surface area contributed by atoms with Gasteiger partial charge in [-0.1, -0.05) is 0 Å². The lowest BCUT2D eigenvalue weighted by Crippen LogP contribution is -2.09. The molecule has 0 aliphatic rings. The van der Waals surface area contributed by atoms with E-state index in [1.54, 1.807) is 13.8 Å². The molecule has 0 saturated carbocycles. The maximum atomic E-state index is 13.0. The largest absolute Gasteiger partial charge is 0.475 e. The van der Waals surface area contributed by atoms with E-state index < -0.39 is 11.9 Å². The van der Waals surface area contributed by atoms with Gasteiger partial charge in [0.15, 0.2) is 0 Å². The third kappa shape index (κ3) is 3.19. The fraction of sp³-hybridized carbons (Fsp3) is 0.400. The minimum absolute atomic E-state index is 0.0744. The zero-order chi connectivity index (χ0) is 11.4. The summed E-state index contributed by atoms with van der Waals surface area (Å²) < 4.78 is 22.6. The van der Waals surface area contributed by atoms with Gasteiger partial charge in [0.2, 0.25) is 11.8 Å². The summed E-state index contributed by atoms with van der Waals surface area (Å²) in [5.41, 5.74) is 0.0839. The molecule has 1 aromatic heterocycles. The smallest absolute Gasteiger partial charge is 0.338 e. The molecule has 1 heterocycles. The summed E-state index contributed by atoms with van der Waals surface area (Å²) in [5.74, 6) is -1.32. The highest BCUT2D eigenvalue weighted by Crippen LogP contribution is 2.14. The van der Waals surface area contributed by atoms with Crippen LogP contribution >= 0.6 is 0 Å². The number of hydrogen-bond donors (Lipinski definition) is 0. The number of rotatable bonds is 3. The van der Waals surface area contributed by atoms with Crippen molar-refractivity contribution in [1.82, 2.24) is 4.98 Å². The predicted molar refractivity (Wildman–Crippen MR) is 51.3 cm³/mol. The molecule has 0 amide bonds. The molecule has 0 N–H and O–H groups in total. The minimum Gasteiger partial charge on any atom is -0.475 e. The van der Waals surface area contributed by atoms with Crippen molar-refractivity contribution in [3.63, 3.8) is 0 Å². The van der Waals surface area contributed by atoms with Gasteiger partial charge in [-0.25, -0.2) is 4.79 Å². The van der Waals surface area contributed by atoms with Gasteiger partial charge in [-0.2, -0.15) is 9.37 Å². The molecule has 0 fully saturated rings. The Hall–Kier alpha value is -1.65. The minimum atomic E-state index is -0.770. The molecule has 5 heteroatoms. The SMILES string of the molecule is COC(=O)c1cc(F)nc(OC(C)C)c1. The molecular weight excluding hydrogens is 201 g/mol. The number of halogens is 1. The number of esters is 1. The summed E-state index contributed by atoms with van der Waals surface area (Å²) in [6.45, 7) is 3.56. The Labute approximate surface area is 87.0 Å². The highest BCUT2D eigenvalue weighted by atomic mass is 19.1. The van der Waals surface area contributed by atoms with Gasteiger partial charge in [0.05, 0.1) is 18.8 Å². The van der Waals surface area contributed by atoms with Gasteiger partial charge >= 0.3 is 5.97 Å². The lowest BCUT2D eigenvalue weighted by atomic mass is 10.2. The van der Waals surface area contributed by atoms with E-state index in [9.17, 15) is 9.18 Å². The Balaban J connectivity index is 2.99. The van der Waals surface area contributed by atoms with Crippen LogP contribution in [0.25, 0.3) is 0 Å². The van der Waals surface area contributed by atoms with Crippen molar-refractivity contribution in [1.29, 1.82) is 0 Å². The van der Waals surface area contributed by atoms with Crippen LogP contribution in [0.15, 0.2) is 12.1 Å². The maximum Gasteiger partial charge on any atom is 0.338 e. The van der Waals surface area contributed by atoms with Crippen molar-refractivity contribution in [2.45, 2.75) is 20.0 Å². The van der Waals surface area contributed by atoms with Crippen LogP contribution in [0.2, 0.25) is 0 Å². The van der Waals surface area contributed by atoms with Crippen LogP contribution in [-0.2, 0) is 4.74 Å². The average Bonchev–Trinajstić information content (AvgIpc) is 2.14. The molecule has 0 atom stereocenters. The Morgan fingerprint density at radius 2 is 2.13 bits per heavy atom. The van der Waals surface area contributed by atoms with Gasteiger partial charge in [0.25, 0.3) is 0 Å². The van der Waals surface area contributed by atoms with Gasteiger partial charge in [-0.05, 0) is 13.8 Å². The van der Waals surface area contributed by atoms with E-state index in [1.165, 1.54) is 13.2 Å². The van der Waals surface area contributed by atoms with Crippen LogP contribution in [0.3, 0.4) is 0 Å². The maximum absolute atomic E-state index is 13.0. The summed E-state index contributed by atoms with van der Waals surface area (Å²) in [7, 11) is 1.23. The van der Waals surface area contributed by atoms with Crippen molar-refractivity contribution in [2.24, 2.45) is 0 Å². The number of nitrogens with zero attached hydrogens (tertiary/aromatic N) is 1. The third-order valence-corrected chi connectivity index (χ3v) is 1.55. The first kappa shape index (κ1) is 11.4. The number of methoxy groups -OCH3 is 1. The number of pyridine rings is 1. The molecule has 0 aliphatic heterocycles. The molecule has 0 aliphatic carbocycles. The fourth-order valence-corrected chi connectivity index (χ4v) is 1.01. The van der Waals surface area contributed by atoms with Gasteiger partial charge in [-0.3, -0.25) is 0 Å². The van der Waals surface area contributed by atoms with Crippen molar-refractivity contribution in [2.75, 3.05) is 7.11 Å². The Morgan fingerprint density at radius 3 is 2.67 bits per heavy atom. The zero-order valence-corrected chi connectivity index (χ0v) is 8.78. The Kier molecular flexibility index (Phi) is 3.60. The van der Waals surface area contributed by atoms with E-state index >= 15 is 0 Å². The Morgan fingerprint density at radius 1 is 1.47 bits per heavy atom. The number of carbonyl (C=O) groups is 1. The van der Waals surface area contributed by atoms with Crippen LogP contribution in [0, 0.1) is 5.95 Å². The molecule has 0 bridgehead atoms. The quantitative estimate of drug-likeness (QED) is 0.567. The molecule has 1 rings (SSSR count). The van der Waals surface area contributed by atoms with Gasteiger partial charge in [0, 0.05) is 12.1 Å². The van der Waals surface area contributed by atoms with Crippen molar-refractivity contribution >= 4 is 5.97 Å². The fourth-order valence-electron chi connectivity index (χ4n) is 1.01. The molecule has 82 valence electrons. The van der Waals surface area contributed by atoms with E-state index in [0.29, 0.717) is 0 Å². The van der Waals surface area contributed by atoms with Crippen LogP contribution < -0.4 is 4.74 Å². The highest BCUT2D eigenvalue weighted by Gasteiger charge is 2.11. The average molecular weight is 213 g/mol. The molecule has 0 unspecified atom stereocenters. The summed E-state index contributed by atoms with van der Waals surface area (Å²) in [6.07, 6.45) is -0.134. The van der Waals surface area contributed by atoms with Crippen molar-refractivity contribution < 1.29 is 18.7 Å². The second kappa shape index (κ2) is 4.72. The molecule has 1 aromatic rings.